The van der Waals surface area contributed by atoms with Crippen molar-refractivity contribution in [2.75, 3.05) is 7.05 Å². The van der Waals surface area contributed by atoms with Crippen molar-refractivity contribution in [3.63, 3.8) is 0 Å². The summed E-state index contributed by atoms with van der Waals surface area (Å²) in [5, 5.41) is 2.72. The number of likely N-dealkylation sites (N-methyl/N-ethyl adjacent to an activating group) is 1. The second-order valence-electron chi connectivity index (χ2n) is 4.60. The van der Waals surface area contributed by atoms with E-state index < -0.39 is 6.09 Å². The number of nitrogens with zero attached hydrogens (tertiary/aromatic N) is 2. The van der Waals surface area contributed by atoms with E-state index in [-0.39, 0.29) is 18.1 Å². The Morgan fingerprint density at radius 3 is 2.47 bits per heavy atom. The summed E-state index contributed by atoms with van der Waals surface area (Å²) in [5.41, 5.74) is 0.942. The van der Waals surface area contributed by atoms with Gasteiger partial charge in [-0.05, 0) is 12.0 Å². The maximum atomic E-state index is 11.9. The quantitative estimate of drug-likeness (QED) is 0.821. The van der Waals surface area contributed by atoms with Crippen LogP contribution in [0.1, 0.15) is 31.9 Å². The van der Waals surface area contributed by atoms with Crippen LogP contribution in [0.3, 0.4) is 0 Å². The first-order valence-electron chi connectivity index (χ1n) is 6.35. The smallest absolute Gasteiger partial charge is 0.432 e. The Labute approximate surface area is 112 Å². The first-order chi connectivity index (χ1) is 9.06. The highest BCUT2D eigenvalue weighted by Crippen LogP contribution is 2.32. The lowest BCUT2D eigenvalue weighted by atomic mass is 9.99. The fourth-order valence-corrected chi connectivity index (χ4v) is 2.47. The van der Waals surface area contributed by atoms with Crippen LogP contribution >= 0.6 is 0 Å². The zero-order valence-electron chi connectivity index (χ0n) is 11.4. The normalized spacial score (nSPS) is 24.2. The molecule has 0 unspecified atom stereocenters. The van der Waals surface area contributed by atoms with E-state index >= 15 is 0 Å². The van der Waals surface area contributed by atoms with Crippen LogP contribution in [0.5, 0.6) is 0 Å². The molecule has 1 aromatic rings. The fourth-order valence-electron chi connectivity index (χ4n) is 2.47. The molecule has 0 aliphatic carbocycles. The lowest BCUT2D eigenvalue weighted by Gasteiger charge is -2.43. The number of carbonyl (C=O) groups is 2. The lowest BCUT2D eigenvalue weighted by molar-refractivity contribution is -0.162. The number of hydrazine groups is 1. The van der Waals surface area contributed by atoms with Crippen molar-refractivity contribution in [3.05, 3.63) is 35.9 Å². The molecule has 1 aliphatic heterocycles. The minimum absolute atomic E-state index is 0.0519. The van der Waals surface area contributed by atoms with Crippen molar-refractivity contribution in [1.82, 2.24) is 10.0 Å². The van der Waals surface area contributed by atoms with Gasteiger partial charge in [-0.3, -0.25) is 4.79 Å². The zero-order valence-corrected chi connectivity index (χ0v) is 11.4. The van der Waals surface area contributed by atoms with Gasteiger partial charge < -0.3 is 4.74 Å². The minimum Gasteiger partial charge on any atom is -0.438 e. The number of hydrogen-bond acceptors (Lipinski definition) is 4. The van der Waals surface area contributed by atoms with E-state index in [1.807, 2.05) is 37.3 Å². The van der Waals surface area contributed by atoms with Gasteiger partial charge in [0.2, 0.25) is 5.91 Å². The van der Waals surface area contributed by atoms with Crippen LogP contribution in [0.25, 0.3) is 0 Å². The summed E-state index contributed by atoms with van der Waals surface area (Å²) in [7, 11) is 1.74. The number of cyclic esters (lactones) is 1. The van der Waals surface area contributed by atoms with Crippen LogP contribution in [0, 0.1) is 0 Å². The first-order valence-corrected chi connectivity index (χ1v) is 6.35. The van der Waals surface area contributed by atoms with Crippen LogP contribution in [-0.4, -0.2) is 35.1 Å². The molecule has 5 nitrogen and oxygen atoms in total. The molecular formula is C14H18N2O3. The van der Waals surface area contributed by atoms with Gasteiger partial charge in [0.05, 0.1) is 6.04 Å². The Morgan fingerprint density at radius 2 is 1.95 bits per heavy atom. The van der Waals surface area contributed by atoms with E-state index in [9.17, 15) is 9.59 Å². The monoisotopic (exact) mass is 262 g/mol. The maximum Gasteiger partial charge on any atom is 0.432 e. The molecule has 1 aromatic carbocycles. The van der Waals surface area contributed by atoms with Crippen molar-refractivity contribution >= 4 is 12.0 Å². The van der Waals surface area contributed by atoms with Crippen molar-refractivity contribution in [1.29, 1.82) is 0 Å². The predicted octanol–water partition coefficient (Wildman–Crippen LogP) is 2.35. The summed E-state index contributed by atoms with van der Waals surface area (Å²) in [5.74, 6) is -0.336. The van der Waals surface area contributed by atoms with Gasteiger partial charge in [-0.1, -0.05) is 37.3 Å². The third kappa shape index (κ3) is 2.46. The topological polar surface area (TPSA) is 49.9 Å². The molecule has 0 radical (unpaired) electrons. The molecule has 2 atom stereocenters. The summed E-state index contributed by atoms with van der Waals surface area (Å²) in [6.07, 6.45) is -0.194. The molecule has 0 bridgehead atoms. The Hall–Kier alpha value is -1.88. The number of hydrogen-bond donors (Lipinski definition) is 0. The van der Waals surface area contributed by atoms with E-state index in [0.29, 0.717) is 0 Å². The molecule has 2 amide bonds. The molecule has 0 N–H and O–H groups in total. The van der Waals surface area contributed by atoms with Crippen molar-refractivity contribution in [3.8, 4) is 0 Å². The number of benzene rings is 1. The van der Waals surface area contributed by atoms with Crippen LogP contribution in [0.15, 0.2) is 30.3 Å². The zero-order chi connectivity index (χ0) is 14.0. The average molecular weight is 262 g/mol. The number of carbonyl (C=O) groups excluding carboxylic acids is 2. The van der Waals surface area contributed by atoms with E-state index in [2.05, 4.69) is 0 Å². The molecule has 102 valence electrons. The Morgan fingerprint density at radius 1 is 1.32 bits per heavy atom. The highest BCUT2D eigenvalue weighted by molar-refractivity contribution is 5.90. The third-order valence-corrected chi connectivity index (χ3v) is 3.39. The van der Waals surface area contributed by atoms with Gasteiger partial charge >= 0.3 is 6.09 Å². The molecular weight excluding hydrogens is 244 g/mol. The third-order valence-electron chi connectivity index (χ3n) is 3.39. The maximum absolute atomic E-state index is 11.9. The highest BCUT2D eigenvalue weighted by atomic mass is 16.6. The van der Waals surface area contributed by atoms with Crippen molar-refractivity contribution < 1.29 is 14.3 Å². The standard InChI is InChI=1S/C14H18N2O3/c1-4-12-13(11-8-6-5-7-9-11)19-14(18)16(10(2)17)15(12)3/h5-9,12-13H,4H2,1-3H3/t12-,13+/m0/s1. The van der Waals surface area contributed by atoms with Crippen LogP contribution < -0.4 is 0 Å². The Bertz CT molecular complexity index is 475. The molecule has 19 heavy (non-hydrogen) atoms. The van der Waals surface area contributed by atoms with Crippen molar-refractivity contribution in [2.24, 2.45) is 0 Å². The average Bonchev–Trinajstić information content (AvgIpc) is 2.38. The molecule has 1 aliphatic rings. The minimum atomic E-state index is -0.617. The number of rotatable bonds is 2. The lowest BCUT2D eigenvalue weighted by Crippen LogP contribution is -2.58. The van der Waals surface area contributed by atoms with Gasteiger partial charge in [-0.25, -0.2) is 9.80 Å². The van der Waals surface area contributed by atoms with Gasteiger partial charge in [0.1, 0.15) is 6.10 Å². The van der Waals surface area contributed by atoms with E-state index in [0.717, 1.165) is 17.0 Å². The fraction of sp³-hybridized carbons (Fsp3) is 0.429. The molecule has 1 fully saturated rings. The van der Waals surface area contributed by atoms with Crippen molar-refractivity contribution in [2.45, 2.75) is 32.4 Å². The summed E-state index contributed by atoms with van der Waals surface area (Å²) >= 11 is 0. The Kier molecular flexibility index (Phi) is 3.85. The highest BCUT2D eigenvalue weighted by Gasteiger charge is 2.41. The number of imide groups is 1. The molecule has 0 spiro atoms. The summed E-state index contributed by atoms with van der Waals surface area (Å²) in [4.78, 5) is 23.4. The Balaban J connectivity index is 2.32. The van der Waals surface area contributed by atoms with Gasteiger partial charge in [0.25, 0.3) is 0 Å². The largest absolute Gasteiger partial charge is 0.438 e. The number of ether oxygens (including phenoxy) is 1. The van der Waals surface area contributed by atoms with Crippen LogP contribution in [-0.2, 0) is 9.53 Å². The van der Waals surface area contributed by atoms with Gasteiger partial charge in [0.15, 0.2) is 0 Å². The molecule has 2 rings (SSSR count). The first kappa shape index (κ1) is 13.5. The van der Waals surface area contributed by atoms with Crippen LogP contribution in [0.2, 0.25) is 0 Å². The van der Waals surface area contributed by atoms with E-state index in [1.54, 1.807) is 12.1 Å². The van der Waals surface area contributed by atoms with Gasteiger partial charge in [0, 0.05) is 14.0 Å². The summed E-state index contributed by atoms with van der Waals surface area (Å²) in [6, 6.07) is 9.54. The molecule has 5 heteroatoms. The molecule has 0 aromatic heterocycles. The SMILES string of the molecule is CC[C@H]1[C@@H](c2ccccc2)OC(=O)N(C(C)=O)N1C. The molecule has 1 heterocycles. The predicted molar refractivity (Wildman–Crippen MR) is 70.0 cm³/mol. The number of amides is 2. The van der Waals surface area contributed by atoms with Gasteiger partial charge in [-0.15, -0.1) is 0 Å². The van der Waals surface area contributed by atoms with Crippen LogP contribution in [0.4, 0.5) is 4.79 Å². The summed E-state index contributed by atoms with van der Waals surface area (Å²) < 4.78 is 5.44. The second-order valence-corrected chi connectivity index (χ2v) is 4.60. The molecule has 1 saturated heterocycles. The van der Waals surface area contributed by atoms with Gasteiger partial charge in [-0.2, -0.15) is 5.01 Å². The van der Waals surface area contributed by atoms with E-state index in [1.165, 1.54) is 6.92 Å². The second kappa shape index (κ2) is 5.40. The summed E-state index contributed by atoms with van der Waals surface area (Å²) in [6.45, 7) is 3.36. The van der Waals surface area contributed by atoms with E-state index in [4.69, 9.17) is 4.74 Å². The molecule has 0 saturated carbocycles.